The van der Waals surface area contributed by atoms with E-state index in [1.54, 1.807) is 0 Å². The van der Waals surface area contributed by atoms with Gasteiger partial charge in [-0.25, -0.2) is 0 Å². The van der Waals surface area contributed by atoms with Crippen LogP contribution in [0, 0.1) is 0 Å². The first-order chi connectivity index (χ1) is 14.6. The average molecular weight is 427 g/mol. The van der Waals surface area contributed by atoms with E-state index >= 15 is 0 Å². The third-order valence-corrected chi connectivity index (χ3v) is 6.80. The maximum absolute atomic E-state index is 2.57. The standard InChI is InChI=1S/C28H61N2/c1-5-7-9-11-13-15-17-21-25-29-26-22-18-20-24-28-30(3,4)27-23-19-16-14-12-10-8-6-2/h29H,5-28H2,1-4H3/q+1/p+1. The highest BCUT2D eigenvalue weighted by Gasteiger charge is 2.13. The summed E-state index contributed by atoms with van der Waals surface area (Å²) in [6, 6.07) is 0. The van der Waals surface area contributed by atoms with Gasteiger partial charge in [-0.1, -0.05) is 90.9 Å². The van der Waals surface area contributed by atoms with Gasteiger partial charge >= 0.3 is 0 Å². The zero-order valence-electron chi connectivity index (χ0n) is 22.0. The highest BCUT2D eigenvalue weighted by molar-refractivity contribution is 4.48. The van der Waals surface area contributed by atoms with Gasteiger partial charge in [0.2, 0.25) is 0 Å². The molecule has 0 radical (unpaired) electrons. The molecule has 30 heavy (non-hydrogen) atoms. The lowest BCUT2D eigenvalue weighted by atomic mass is 10.1. The van der Waals surface area contributed by atoms with E-state index in [1.807, 2.05) is 0 Å². The fourth-order valence-corrected chi connectivity index (χ4v) is 4.53. The van der Waals surface area contributed by atoms with Crippen LogP contribution in [0.5, 0.6) is 0 Å². The van der Waals surface area contributed by atoms with Crippen LogP contribution in [0.4, 0.5) is 0 Å². The van der Waals surface area contributed by atoms with Crippen LogP contribution in [0.3, 0.4) is 0 Å². The van der Waals surface area contributed by atoms with Crippen LogP contribution in [0.15, 0.2) is 0 Å². The van der Waals surface area contributed by atoms with E-state index < -0.39 is 0 Å². The lowest BCUT2D eigenvalue weighted by molar-refractivity contribution is -0.890. The van der Waals surface area contributed by atoms with E-state index in [0.717, 1.165) is 0 Å². The number of nitrogens with two attached hydrogens (primary N) is 1. The van der Waals surface area contributed by atoms with Gasteiger partial charge in [0.05, 0.1) is 40.3 Å². The molecule has 0 saturated carbocycles. The Balaban J connectivity index is 3.26. The Bertz CT molecular complexity index is 314. The van der Waals surface area contributed by atoms with Crippen LogP contribution in [0.1, 0.15) is 142 Å². The van der Waals surface area contributed by atoms with E-state index in [9.17, 15) is 0 Å². The van der Waals surface area contributed by atoms with Gasteiger partial charge in [0.25, 0.3) is 0 Å². The summed E-state index contributed by atoms with van der Waals surface area (Å²) in [6.07, 6.45) is 28.7. The zero-order chi connectivity index (χ0) is 22.2. The van der Waals surface area contributed by atoms with E-state index in [2.05, 4.69) is 33.3 Å². The first-order valence-electron chi connectivity index (χ1n) is 14.3. The quantitative estimate of drug-likeness (QED) is 0.115. The van der Waals surface area contributed by atoms with Crippen molar-refractivity contribution in [1.82, 2.24) is 0 Å². The SMILES string of the molecule is CCCCCCCCCC[NH2+]CCCCCC[N+](C)(C)CCCCCCCCCC. The Morgan fingerprint density at radius 2 is 0.700 bits per heavy atom. The smallest absolute Gasteiger partial charge is 0.0782 e. The average Bonchev–Trinajstić information content (AvgIpc) is 2.72. The molecule has 0 bridgehead atoms. The van der Waals surface area contributed by atoms with Gasteiger partial charge in [0, 0.05) is 0 Å². The Morgan fingerprint density at radius 3 is 1.07 bits per heavy atom. The van der Waals surface area contributed by atoms with Crippen molar-refractivity contribution in [3.63, 3.8) is 0 Å². The first kappa shape index (κ1) is 29.9. The van der Waals surface area contributed by atoms with Crippen molar-refractivity contribution >= 4 is 0 Å². The maximum Gasteiger partial charge on any atom is 0.0782 e. The highest BCUT2D eigenvalue weighted by Crippen LogP contribution is 2.12. The Kier molecular flexibility index (Phi) is 23.5. The van der Waals surface area contributed by atoms with Crippen LogP contribution in [-0.2, 0) is 0 Å². The van der Waals surface area contributed by atoms with Crippen LogP contribution >= 0.6 is 0 Å². The van der Waals surface area contributed by atoms with E-state index in [1.165, 1.54) is 159 Å². The lowest BCUT2D eigenvalue weighted by Crippen LogP contribution is -2.84. The van der Waals surface area contributed by atoms with Gasteiger partial charge < -0.3 is 9.80 Å². The molecule has 0 aromatic heterocycles. The lowest BCUT2D eigenvalue weighted by Gasteiger charge is -2.30. The summed E-state index contributed by atoms with van der Waals surface area (Å²) < 4.78 is 1.24. The third-order valence-electron chi connectivity index (χ3n) is 6.80. The highest BCUT2D eigenvalue weighted by atomic mass is 15.3. The molecular formula is C28H62N2+2. The molecule has 0 fully saturated rings. The van der Waals surface area contributed by atoms with Crippen LogP contribution in [0.25, 0.3) is 0 Å². The normalized spacial score (nSPS) is 12.0. The fraction of sp³-hybridized carbons (Fsp3) is 1.00. The Labute approximate surface area is 192 Å². The van der Waals surface area contributed by atoms with E-state index in [-0.39, 0.29) is 0 Å². The molecule has 0 aliphatic rings. The predicted octanol–water partition coefficient (Wildman–Crippen LogP) is 7.47. The van der Waals surface area contributed by atoms with Crippen LogP contribution in [0.2, 0.25) is 0 Å². The molecule has 0 spiro atoms. The van der Waals surface area contributed by atoms with Crippen LogP contribution < -0.4 is 5.32 Å². The molecule has 0 aliphatic carbocycles. The molecule has 182 valence electrons. The Hall–Kier alpha value is -0.0800. The molecule has 2 heteroatoms. The largest absolute Gasteiger partial charge is 0.346 e. The monoisotopic (exact) mass is 426 g/mol. The summed E-state index contributed by atoms with van der Waals surface area (Å²) in [6.45, 7) is 10.1. The van der Waals surface area contributed by atoms with Crippen molar-refractivity contribution in [2.24, 2.45) is 0 Å². The van der Waals surface area contributed by atoms with E-state index in [0.29, 0.717) is 0 Å². The van der Waals surface area contributed by atoms with Crippen molar-refractivity contribution < 1.29 is 9.80 Å². The minimum atomic E-state index is 1.24. The summed E-state index contributed by atoms with van der Waals surface area (Å²) in [4.78, 5) is 0. The molecule has 0 unspecified atom stereocenters. The zero-order valence-corrected chi connectivity index (χ0v) is 22.0. The van der Waals surface area contributed by atoms with Gasteiger partial charge in [0.15, 0.2) is 0 Å². The predicted molar refractivity (Wildman–Crippen MR) is 137 cm³/mol. The molecule has 0 heterocycles. The van der Waals surface area contributed by atoms with Crippen molar-refractivity contribution in [3.8, 4) is 0 Å². The minimum absolute atomic E-state index is 1.24. The maximum atomic E-state index is 2.57. The third kappa shape index (κ3) is 24.2. The minimum Gasteiger partial charge on any atom is -0.346 e. The molecule has 0 rings (SSSR count). The fourth-order valence-electron chi connectivity index (χ4n) is 4.53. The van der Waals surface area contributed by atoms with Crippen molar-refractivity contribution in [1.29, 1.82) is 0 Å². The molecule has 0 aromatic carbocycles. The van der Waals surface area contributed by atoms with Gasteiger partial charge in [0.1, 0.15) is 0 Å². The number of rotatable bonds is 25. The van der Waals surface area contributed by atoms with Crippen molar-refractivity contribution in [2.45, 2.75) is 142 Å². The summed E-state index contributed by atoms with van der Waals surface area (Å²) in [5, 5.41) is 2.57. The van der Waals surface area contributed by atoms with E-state index in [4.69, 9.17) is 0 Å². The van der Waals surface area contributed by atoms with Crippen molar-refractivity contribution in [2.75, 3.05) is 40.3 Å². The second-order valence-electron chi connectivity index (χ2n) is 10.6. The Morgan fingerprint density at radius 1 is 0.400 bits per heavy atom. The number of unbranched alkanes of at least 4 members (excludes halogenated alkanes) is 17. The topological polar surface area (TPSA) is 16.6 Å². The van der Waals surface area contributed by atoms with Crippen LogP contribution in [-0.4, -0.2) is 44.8 Å². The second-order valence-corrected chi connectivity index (χ2v) is 10.6. The summed E-state index contributed by atoms with van der Waals surface area (Å²) in [5.74, 6) is 0. The molecule has 0 saturated heterocycles. The summed E-state index contributed by atoms with van der Waals surface area (Å²) in [7, 11) is 4.89. The number of nitrogens with zero attached hydrogens (tertiary/aromatic N) is 1. The molecule has 0 amide bonds. The molecular weight excluding hydrogens is 364 g/mol. The number of quaternary nitrogens is 2. The number of hydrogen-bond acceptors (Lipinski definition) is 0. The summed E-state index contributed by atoms with van der Waals surface area (Å²) >= 11 is 0. The molecule has 0 aromatic rings. The second kappa shape index (κ2) is 23.6. The van der Waals surface area contributed by atoms with Gasteiger partial charge in [-0.3, -0.25) is 0 Å². The van der Waals surface area contributed by atoms with Gasteiger partial charge in [-0.05, 0) is 51.4 Å². The molecule has 0 aliphatic heterocycles. The molecule has 2 N–H and O–H groups in total. The molecule has 0 atom stereocenters. The molecule has 2 nitrogen and oxygen atoms in total. The number of hydrogen-bond donors (Lipinski definition) is 1. The first-order valence-corrected chi connectivity index (χ1v) is 14.3. The summed E-state index contributed by atoms with van der Waals surface area (Å²) in [5.41, 5.74) is 0. The van der Waals surface area contributed by atoms with Crippen molar-refractivity contribution in [3.05, 3.63) is 0 Å². The van der Waals surface area contributed by atoms with Gasteiger partial charge in [-0.15, -0.1) is 0 Å². The van der Waals surface area contributed by atoms with Gasteiger partial charge in [-0.2, -0.15) is 0 Å².